The molecule has 0 spiro atoms. The van der Waals surface area contributed by atoms with Crippen molar-refractivity contribution in [1.29, 1.82) is 0 Å². The molecule has 6 aromatic rings. The number of aliphatic hydroxyl groups is 1. The first-order chi connectivity index (χ1) is 23.6. The summed E-state index contributed by atoms with van der Waals surface area (Å²) < 4.78 is 4.79. The fourth-order valence-corrected chi connectivity index (χ4v) is 6.37. The standard InChI is InChI=1S/C36H33N9O4/c1-21(40-34(47)30-32(37)41-44-16-8-15-38-33(30)44)28-17-24-10-7-9-23(29(24)36(49)45(28)27-11-5-4-6-12-27)13-14-25-18-39-42(3)31(25)26-19-43(20-26)35(48)22(2)46/h4-12,15-18,21-22,26,46H,19-20H2,1-3H3,(H2,37,41)(H,40,47)/t21-,22?/m1/s1. The molecule has 0 saturated carbocycles. The van der Waals surface area contributed by atoms with E-state index in [9.17, 15) is 19.5 Å². The van der Waals surface area contributed by atoms with E-state index in [1.807, 2.05) is 55.6 Å². The normalized spacial score (nSPS) is 14.2. The number of carbonyl (C=O) groups excluding carboxylic acids is 2. The van der Waals surface area contributed by atoms with Crippen LogP contribution in [0.2, 0.25) is 0 Å². The van der Waals surface area contributed by atoms with Crippen LogP contribution in [0.25, 0.3) is 22.1 Å². The molecule has 2 aromatic carbocycles. The molecule has 1 aliphatic heterocycles. The molecule has 1 aliphatic rings. The van der Waals surface area contributed by atoms with E-state index in [2.05, 4.69) is 32.3 Å². The monoisotopic (exact) mass is 655 g/mol. The second-order valence-corrected chi connectivity index (χ2v) is 12.1. The molecule has 0 aliphatic carbocycles. The van der Waals surface area contributed by atoms with Crippen molar-refractivity contribution in [2.45, 2.75) is 31.9 Å². The maximum atomic E-state index is 14.5. The van der Waals surface area contributed by atoms with Crippen molar-refractivity contribution in [3.05, 3.63) is 118 Å². The van der Waals surface area contributed by atoms with Crippen molar-refractivity contribution in [2.75, 3.05) is 18.8 Å². The fraction of sp³-hybridized carbons (Fsp3) is 0.222. The van der Waals surface area contributed by atoms with Gasteiger partial charge in [-0.1, -0.05) is 42.2 Å². The molecule has 2 atom stereocenters. The molecule has 4 aromatic heterocycles. The minimum atomic E-state index is -1.05. The number of nitrogens with one attached hydrogen (secondary N) is 1. The Kier molecular flexibility index (Phi) is 7.93. The highest BCUT2D eigenvalue weighted by Crippen LogP contribution is 2.30. The molecular weight excluding hydrogens is 622 g/mol. The van der Waals surface area contributed by atoms with E-state index in [1.54, 1.807) is 51.8 Å². The molecule has 13 nitrogen and oxygen atoms in total. The summed E-state index contributed by atoms with van der Waals surface area (Å²) in [6, 6.07) is 17.7. The molecule has 2 amide bonds. The second kappa shape index (κ2) is 12.4. The number of benzene rings is 2. The zero-order valence-electron chi connectivity index (χ0n) is 27.0. The first kappa shape index (κ1) is 31.3. The van der Waals surface area contributed by atoms with E-state index in [1.165, 1.54) is 11.4 Å². The van der Waals surface area contributed by atoms with Crippen LogP contribution in [-0.4, -0.2) is 70.0 Å². The predicted octanol–water partition coefficient (Wildman–Crippen LogP) is 2.55. The number of aromatic nitrogens is 6. The maximum absolute atomic E-state index is 14.5. The average Bonchev–Trinajstić information content (AvgIpc) is 3.61. The Labute approximate surface area is 280 Å². The Morgan fingerprint density at radius 1 is 1.04 bits per heavy atom. The molecule has 0 radical (unpaired) electrons. The molecule has 0 bridgehead atoms. The average molecular weight is 656 g/mol. The van der Waals surface area contributed by atoms with E-state index in [4.69, 9.17) is 5.73 Å². The van der Waals surface area contributed by atoms with Gasteiger partial charge in [0.05, 0.1) is 28.9 Å². The van der Waals surface area contributed by atoms with Crippen molar-refractivity contribution in [1.82, 2.24) is 39.2 Å². The van der Waals surface area contributed by atoms with Gasteiger partial charge in [0, 0.05) is 55.4 Å². The summed E-state index contributed by atoms with van der Waals surface area (Å²) in [6.07, 6.45) is 3.86. The molecule has 1 unspecified atom stereocenters. The number of hydrogen-bond donors (Lipinski definition) is 3. The molecule has 1 fully saturated rings. The van der Waals surface area contributed by atoms with Crippen molar-refractivity contribution < 1.29 is 14.7 Å². The second-order valence-electron chi connectivity index (χ2n) is 12.1. The number of fused-ring (bicyclic) bond motifs is 2. The predicted molar refractivity (Wildman–Crippen MR) is 183 cm³/mol. The Balaban J connectivity index is 1.27. The number of anilines is 1. The van der Waals surface area contributed by atoms with E-state index in [0.717, 1.165) is 5.69 Å². The number of amides is 2. The molecule has 246 valence electrons. The lowest BCUT2D eigenvalue weighted by atomic mass is 9.93. The van der Waals surface area contributed by atoms with Crippen molar-refractivity contribution in [2.24, 2.45) is 7.05 Å². The molecule has 49 heavy (non-hydrogen) atoms. The molecule has 1 saturated heterocycles. The summed E-state index contributed by atoms with van der Waals surface area (Å²) in [5, 5.41) is 22.4. The lowest BCUT2D eigenvalue weighted by Crippen LogP contribution is -2.52. The summed E-state index contributed by atoms with van der Waals surface area (Å²) in [5.41, 5.74) is 9.60. The van der Waals surface area contributed by atoms with Crippen LogP contribution >= 0.6 is 0 Å². The van der Waals surface area contributed by atoms with Gasteiger partial charge in [-0.3, -0.25) is 23.6 Å². The summed E-state index contributed by atoms with van der Waals surface area (Å²) in [6.45, 7) is 4.19. The zero-order chi connectivity index (χ0) is 34.4. The number of para-hydroxylation sites is 1. The van der Waals surface area contributed by atoms with Crippen molar-refractivity contribution >= 4 is 34.1 Å². The number of nitrogens with two attached hydrogens (primary N) is 1. The van der Waals surface area contributed by atoms with Gasteiger partial charge in [0.2, 0.25) is 0 Å². The highest BCUT2D eigenvalue weighted by Gasteiger charge is 2.36. The third-order valence-corrected chi connectivity index (χ3v) is 8.78. The van der Waals surface area contributed by atoms with Gasteiger partial charge in [0.25, 0.3) is 17.4 Å². The third-order valence-electron chi connectivity index (χ3n) is 8.78. The van der Waals surface area contributed by atoms with Gasteiger partial charge in [-0.05, 0) is 49.6 Å². The number of nitrogen functional groups attached to an aromatic ring is 1. The minimum Gasteiger partial charge on any atom is -0.384 e. The van der Waals surface area contributed by atoms with Crippen LogP contribution in [0.4, 0.5) is 5.82 Å². The number of likely N-dealkylation sites (tertiary alicyclic amines) is 1. The fourth-order valence-electron chi connectivity index (χ4n) is 6.37. The summed E-state index contributed by atoms with van der Waals surface area (Å²) >= 11 is 0. The summed E-state index contributed by atoms with van der Waals surface area (Å²) in [7, 11) is 1.83. The van der Waals surface area contributed by atoms with E-state index in [-0.39, 0.29) is 28.8 Å². The largest absolute Gasteiger partial charge is 0.384 e. The molecule has 13 heteroatoms. The molecule has 7 rings (SSSR count). The van der Waals surface area contributed by atoms with Crippen LogP contribution in [0.3, 0.4) is 0 Å². The first-order valence-corrected chi connectivity index (χ1v) is 15.8. The van der Waals surface area contributed by atoms with Crippen LogP contribution in [0.5, 0.6) is 0 Å². The molecule has 5 heterocycles. The Bertz CT molecular complexity index is 2370. The van der Waals surface area contributed by atoms with Gasteiger partial charge in [0.1, 0.15) is 11.7 Å². The number of hydrogen-bond acceptors (Lipinski definition) is 8. The highest BCUT2D eigenvalue weighted by molar-refractivity contribution is 6.04. The first-order valence-electron chi connectivity index (χ1n) is 15.8. The molecular formula is C36H33N9O4. The zero-order valence-corrected chi connectivity index (χ0v) is 27.0. The number of aryl methyl sites for hydroxylation is 1. The van der Waals surface area contributed by atoms with Gasteiger partial charge in [-0.2, -0.15) is 5.10 Å². The lowest BCUT2D eigenvalue weighted by molar-refractivity contribution is -0.143. The quantitative estimate of drug-likeness (QED) is 0.230. The van der Waals surface area contributed by atoms with Crippen LogP contribution in [0, 0.1) is 11.8 Å². The SMILES string of the molecule is CC(O)C(=O)N1CC(c2c(C#Cc3cccc4cc([C@@H](C)NC(=O)c5c(N)nn6cccnc56)n(-c5ccccc5)c(=O)c34)cnn2C)C1. The van der Waals surface area contributed by atoms with Crippen LogP contribution in [-0.2, 0) is 11.8 Å². The van der Waals surface area contributed by atoms with Gasteiger partial charge in [-0.25, -0.2) is 9.50 Å². The number of nitrogens with zero attached hydrogens (tertiary/aromatic N) is 7. The van der Waals surface area contributed by atoms with Gasteiger partial charge in [-0.15, -0.1) is 5.10 Å². The molecule has 4 N–H and O–H groups in total. The van der Waals surface area contributed by atoms with Gasteiger partial charge in [0.15, 0.2) is 11.5 Å². The lowest BCUT2D eigenvalue weighted by Gasteiger charge is -2.40. The Hall–Kier alpha value is -6.26. The van der Waals surface area contributed by atoms with E-state index < -0.39 is 18.1 Å². The number of pyridine rings is 1. The third kappa shape index (κ3) is 5.57. The van der Waals surface area contributed by atoms with Crippen LogP contribution < -0.4 is 16.6 Å². The number of aliphatic hydroxyl groups excluding tert-OH is 1. The smallest absolute Gasteiger partial charge is 0.264 e. The van der Waals surface area contributed by atoms with Crippen molar-refractivity contribution in [3.63, 3.8) is 0 Å². The summed E-state index contributed by atoms with van der Waals surface area (Å²) in [4.78, 5) is 46.1. The number of carbonyl (C=O) groups is 2. The minimum absolute atomic E-state index is 0.0217. The van der Waals surface area contributed by atoms with E-state index in [0.29, 0.717) is 52.0 Å². The highest BCUT2D eigenvalue weighted by atomic mass is 16.3. The van der Waals surface area contributed by atoms with Crippen LogP contribution in [0.1, 0.15) is 58.7 Å². The Morgan fingerprint density at radius 2 is 1.80 bits per heavy atom. The van der Waals surface area contributed by atoms with E-state index >= 15 is 0 Å². The summed E-state index contributed by atoms with van der Waals surface area (Å²) in [5.74, 6) is 5.74. The Morgan fingerprint density at radius 3 is 2.55 bits per heavy atom. The van der Waals surface area contributed by atoms with Crippen LogP contribution in [0.15, 0.2) is 84.0 Å². The van der Waals surface area contributed by atoms with Gasteiger partial charge >= 0.3 is 0 Å². The van der Waals surface area contributed by atoms with Gasteiger partial charge < -0.3 is 21.1 Å². The topological polar surface area (TPSA) is 166 Å². The maximum Gasteiger partial charge on any atom is 0.264 e. The van der Waals surface area contributed by atoms with Crippen molar-refractivity contribution in [3.8, 4) is 17.5 Å². The number of rotatable bonds is 6.